The number of anilines is 1. The number of pyridine rings is 1. The maximum absolute atomic E-state index is 10.7. The van der Waals surface area contributed by atoms with Crippen molar-refractivity contribution in [3.05, 3.63) is 28.4 Å². The minimum absolute atomic E-state index is 0.273. The molecule has 1 aliphatic heterocycles. The predicted octanol–water partition coefficient (Wildman–Crippen LogP) is 1.00. The van der Waals surface area contributed by atoms with Gasteiger partial charge in [-0.15, -0.1) is 4.91 Å². The molecule has 6 nitrogen and oxygen atoms in total. The van der Waals surface area contributed by atoms with Crippen molar-refractivity contribution in [2.45, 2.75) is 12.8 Å². The number of nitroso groups, excluding NO2 is 1. The van der Waals surface area contributed by atoms with Crippen LogP contribution < -0.4 is 11.1 Å². The van der Waals surface area contributed by atoms with Crippen LogP contribution in [0.5, 0.6) is 0 Å². The van der Waals surface area contributed by atoms with Crippen LogP contribution in [0, 0.1) is 4.91 Å². The van der Waals surface area contributed by atoms with Crippen molar-refractivity contribution < 1.29 is 0 Å². The second-order valence-electron chi connectivity index (χ2n) is 4.14. The summed E-state index contributed by atoms with van der Waals surface area (Å²) in [5, 5.41) is 6.25. The van der Waals surface area contributed by atoms with Crippen LogP contribution in [0.15, 0.2) is 17.3 Å². The zero-order valence-electron chi connectivity index (χ0n) is 9.31. The molecular formula is C11H13N5O. The van der Waals surface area contributed by atoms with Gasteiger partial charge in [-0.05, 0) is 17.3 Å². The van der Waals surface area contributed by atoms with Crippen LogP contribution >= 0.6 is 0 Å². The number of fused-ring (bicyclic) bond motifs is 3. The standard InChI is InChI=1S/C11H13N5O/c12-11-8(15-17)1-2-10-14-7-3-5-13-6-4-9(7)16(10)11/h1-2,13H,3-6,12H2. The third-order valence-electron chi connectivity index (χ3n) is 3.15. The highest BCUT2D eigenvalue weighted by molar-refractivity contribution is 5.65. The first kappa shape index (κ1) is 10.2. The van der Waals surface area contributed by atoms with Gasteiger partial charge in [0.2, 0.25) is 0 Å². The molecule has 0 fully saturated rings. The molecule has 0 saturated carbocycles. The summed E-state index contributed by atoms with van der Waals surface area (Å²) in [5.41, 5.74) is 9.17. The highest BCUT2D eigenvalue weighted by Gasteiger charge is 2.17. The van der Waals surface area contributed by atoms with E-state index in [1.807, 2.05) is 4.40 Å². The largest absolute Gasteiger partial charge is 0.383 e. The molecule has 0 unspecified atom stereocenters. The van der Waals surface area contributed by atoms with Crippen LogP contribution in [0.4, 0.5) is 11.5 Å². The molecule has 0 bridgehead atoms. The quantitative estimate of drug-likeness (QED) is 0.717. The van der Waals surface area contributed by atoms with Gasteiger partial charge in [0.15, 0.2) is 0 Å². The van der Waals surface area contributed by atoms with E-state index in [0.717, 1.165) is 43.0 Å². The van der Waals surface area contributed by atoms with Crippen molar-refractivity contribution in [3.63, 3.8) is 0 Å². The molecule has 2 aromatic heterocycles. The molecule has 0 saturated heterocycles. The number of aromatic nitrogens is 2. The monoisotopic (exact) mass is 231 g/mol. The summed E-state index contributed by atoms with van der Waals surface area (Å²) in [6.07, 6.45) is 1.75. The zero-order valence-corrected chi connectivity index (χ0v) is 9.31. The molecule has 1 aliphatic rings. The van der Waals surface area contributed by atoms with Crippen molar-refractivity contribution >= 4 is 17.2 Å². The van der Waals surface area contributed by atoms with E-state index >= 15 is 0 Å². The van der Waals surface area contributed by atoms with E-state index in [2.05, 4.69) is 15.5 Å². The van der Waals surface area contributed by atoms with Crippen LogP contribution in [-0.4, -0.2) is 22.5 Å². The predicted molar refractivity (Wildman–Crippen MR) is 65.3 cm³/mol. The van der Waals surface area contributed by atoms with E-state index in [1.54, 1.807) is 12.1 Å². The van der Waals surface area contributed by atoms with Crippen LogP contribution in [0.2, 0.25) is 0 Å². The van der Waals surface area contributed by atoms with Gasteiger partial charge in [0.05, 0.1) is 5.69 Å². The van der Waals surface area contributed by atoms with Crippen LogP contribution in [-0.2, 0) is 12.8 Å². The highest BCUT2D eigenvalue weighted by atomic mass is 16.3. The molecule has 0 aromatic carbocycles. The van der Waals surface area contributed by atoms with Gasteiger partial charge < -0.3 is 11.1 Å². The number of hydrogen-bond donors (Lipinski definition) is 2. The molecule has 88 valence electrons. The Morgan fingerprint density at radius 1 is 1.35 bits per heavy atom. The summed E-state index contributed by atoms with van der Waals surface area (Å²) in [6.45, 7) is 1.83. The van der Waals surface area contributed by atoms with E-state index in [-0.39, 0.29) is 5.69 Å². The molecule has 0 atom stereocenters. The number of nitrogens with zero attached hydrogens (tertiary/aromatic N) is 3. The van der Waals surface area contributed by atoms with Crippen LogP contribution in [0.1, 0.15) is 11.4 Å². The number of nitrogens with two attached hydrogens (primary N) is 1. The van der Waals surface area contributed by atoms with Gasteiger partial charge >= 0.3 is 0 Å². The first-order valence-corrected chi connectivity index (χ1v) is 5.64. The van der Waals surface area contributed by atoms with Gasteiger partial charge in [-0.2, -0.15) is 0 Å². The molecule has 0 spiro atoms. The SMILES string of the molecule is Nc1c(N=O)ccc2nc3c(n12)CCNCC3. The maximum Gasteiger partial charge on any atom is 0.148 e. The fourth-order valence-electron chi connectivity index (χ4n) is 2.33. The Morgan fingerprint density at radius 2 is 2.18 bits per heavy atom. The molecule has 3 rings (SSSR count). The number of rotatable bonds is 1. The van der Waals surface area contributed by atoms with Gasteiger partial charge in [0.1, 0.15) is 17.2 Å². The Morgan fingerprint density at radius 3 is 3.00 bits per heavy atom. The molecule has 2 aromatic rings. The van der Waals surface area contributed by atoms with Crippen molar-refractivity contribution in [2.24, 2.45) is 5.18 Å². The molecule has 0 radical (unpaired) electrons. The third kappa shape index (κ3) is 1.49. The first-order chi connectivity index (χ1) is 8.31. The lowest BCUT2D eigenvalue weighted by molar-refractivity contribution is 0.702. The Hall–Kier alpha value is -1.95. The van der Waals surface area contributed by atoms with E-state index in [0.29, 0.717) is 5.82 Å². The smallest absolute Gasteiger partial charge is 0.148 e. The minimum atomic E-state index is 0.273. The van der Waals surface area contributed by atoms with E-state index < -0.39 is 0 Å². The van der Waals surface area contributed by atoms with Gasteiger partial charge in [0.25, 0.3) is 0 Å². The highest BCUT2D eigenvalue weighted by Crippen LogP contribution is 2.26. The van der Waals surface area contributed by atoms with Gasteiger partial charge in [-0.25, -0.2) is 4.98 Å². The molecule has 3 heterocycles. The molecule has 0 aliphatic carbocycles. The Balaban J connectivity index is 2.30. The molecule has 6 heteroatoms. The molecule has 0 amide bonds. The number of hydrogen-bond acceptors (Lipinski definition) is 5. The van der Waals surface area contributed by atoms with Gasteiger partial charge in [-0.3, -0.25) is 4.40 Å². The summed E-state index contributed by atoms with van der Waals surface area (Å²) >= 11 is 0. The van der Waals surface area contributed by atoms with E-state index in [1.165, 1.54) is 0 Å². The fraction of sp³-hybridized carbons (Fsp3) is 0.364. The average Bonchev–Trinajstić information content (AvgIpc) is 2.53. The van der Waals surface area contributed by atoms with Crippen molar-refractivity contribution in [1.82, 2.24) is 14.7 Å². The summed E-state index contributed by atoms with van der Waals surface area (Å²) in [5.74, 6) is 0.383. The average molecular weight is 231 g/mol. The maximum atomic E-state index is 10.7. The van der Waals surface area contributed by atoms with Crippen molar-refractivity contribution in [3.8, 4) is 0 Å². The number of nitrogens with one attached hydrogen (secondary N) is 1. The van der Waals surface area contributed by atoms with Crippen molar-refractivity contribution in [2.75, 3.05) is 18.8 Å². The zero-order chi connectivity index (χ0) is 11.8. The summed E-state index contributed by atoms with van der Waals surface area (Å²) in [4.78, 5) is 15.2. The molecule has 17 heavy (non-hydrogen) atoms. The van der Waals surface area contributed by atoms with E-state index in [9.17, 15) is 4.91 Å². The fourth-order valence-corrected chi connectivity index (χ4v) is 2.33. The second-order valence-corrected chi connectivity index (χ2v) is 4.14. The lowest BCUT2D eigenvalue weighted by Gasteiger charge is -2.05. The first-order valence-electron chi connectivity index (χ1n) is 5.64. The minimum Gasteiger partial charge on any atom is -0.383 e. The Kier molecular flexibility index (Phi) is 2.29. The normalized spacial score (nSPS) is 15.5. The Bertz CT molecular complexity index is 589. The number of imidazole rings is 1. The number of nitrogen functional groups attached to an aromatic ring is 1. The summed E-state index contributed by atoms with van der Waals surface area (Å²) in [7, 11) is 0. The lowest BCUT2D eigenvalue weighted by Crippen LogP contribution is -2.17. The van der Waals surface area contributed by atoms with Crippen molar-refractivity contribution in [1.29, 1.82) is 0 Å². The third-order valence-corrected chi connectivity index (χ3v) is 3.15. The second kappa shape index (κ2) is 3.81. The summed E-state index contributed by atoms with van der Waals surface area (Å²) in [6, 6.07) is 3.40. The molecule has 3 N–H and O–H groups in total. The van der Waals surface area contributed by atoms with Gasteiger partial charge in [0, 0.05) is 31.6 Å². The Labute approximate surface area is 97.8 Å². The summed E-state index contributed by atoms with van der Waals surface area (Å²) < 4.78 is 1.85. The topological polar surface area (TPSA) is 84.8 Å². The lowest BCUT2D eigenvalue weighted by atomic mass is 10.2. The van der Waals surface area contributed by atoms with Crippen LogP contribution in [0.25, 0.3) is 5.65 Å². The van der Waals surface area contributed by atoms with Crippen LogP contribution in [0.3, 0.4) is 0 Å². The van der Waals surface area contributed by atoms with Gasteiger partial charge in [-0.1, -0.05) is 0 Å². The molecular weight excluding hydrogens is 218 g/mol. The van der Waals surface area contributed by atoms with E-state index in [4.69, 9.17) is 5.73 Å².